The first-order chi connectivity index (χ1) is 17.2. The van der Waals surface area contributed by atoms with Crippen LogP contribution in [0.5, 0.6) is 5.88 Å². The van der Waals surface area contributed by atoms with E-state index in [0.29, 0.717) is 5.88 Å². The highest BCUT2D eigenvalue weighted by atomic mass is 16.5. The molecule has 0 bridgehead atoms. The van der Waals surface area contributed by atoms with Crippen LogP contribution in [0.4, 0.5) is 5.69 Å². The molecule has 35 heavy (non-hydrogen) atoms. The molecule has 1 aliphatic heterocycles. The predicted molar refractivity (Wildman–Crippen MR) is 147 cm³/mol. The summed E-state index contributed by atoms with van der Waals surface area (Å²) in [5.74, 6) is 0.618. The third kappa shape index (κ3) is 6.29. The van der Waals surface area contributed by atoms with Gasteiger partial charge in [-0.25, -0.2) is 4.98 Å². The molecule has 0 spiro atoms. The highest BCUT2D eigenvalue weighted by molar-refractivity contribution is 5.96. The first-order valence-corrected chi connectivity index (χ1v) is 13.0. The standard InChI is InChI=1S/C28H31N3O2.C2H6.2H2/c1-20(32)30-28-25-9-5-8-22(25)10-11-26(28)23-12-15-29-27(18-23)33-24-13-16-31(17-14-24)19-21-6-3-2-4-7-21;1-2;;/h2-4,6-7,10-12,15,18,24H,5,8-9,13-14,16-17,19H2,1H3,(H,30,32);1-2H3;2*1H. The number of fused-ring (bicyclic) bond motifs is 1. The summed E-state index contributed by atoms with van der Waals surface area (Å²) in [6.07, 6.45) is 7.20. The van der Waals surface area contributed by atoms with Gasteiger partial charge >= 0.3 is 0 Å². The fourth-order valence-electron chi connectivity index (χ4n) is 5.06. The Bertz CT molecular complexity index is 1130. The number of nitrogens with one attached hydrogen (secondary N) is 1. The van der Waals surface area contributed by atoms with Gasteiger partial charge in [0.15, 0.2) is 0 Å². The molecular weight excluding hydrogens is 434 g/mol. The number of anilines is 1. The number of pyridine rings is 1. The second kappa shape index (κ2) is 12.0. The Morgan fingerprint density at radius 3 is 2.60 bits per heavy atom. The van der Waals surface area contributed by atoms with Crippen LogP contribution in [-0.4, -0.2) is 35.0 Å². The van der Waals surface area contributed by atoms with Crippen molar-refractivity contribution in [3.63, 3.8) is 0 Å². The number of likely N-dealkylation sites (tertiary alicyclic amines) is 1. The van der Waals surface area contributed by atoms with Crippen LogP contribution in [-0.2, 0) is 24.2 Å². The molecule has 5 rings (SSSR count). The van der Waals surface area contributed by atoms with Crippen LogP contribution in [0.15, 0.2) is 60.8 Å². The second-order valence-corrected chi connectivity index (χ2v) is 9.12. The zero-order valence-electron chi connectivity index (χ0n) is 21.2. The topological polar surface area (TPSA) is 54.5 Å². The van der Waals surface area contributed by atoms with Crippen molar-refractivity contribution >= 4 is 11.6 Å². The third-order valence-corrected chi connectivity index (χ3v) is 6.70. The SMILES string of the molecule is CC.CC(=O)Nc1c(-c2ccnc(OC3CCN(Cc4ccccc4)CC3)c2)ccc2c1CCC2.[HH].[HH]. The van der Waals surface area contributed by atoms with Crippen molar-refractivity contribution in [2.45, 2.75) is 65.5 Å². The number of aryl methyl sites for hydroxylation is 1. The Balaban J connectivity index is 0.00000118. The van der Waals surface area contributed by atoms with Gasteiger partial charge in [0.2, 0.25) is 11.8 Å². The first-order valence-electron chi connectivity index (χ1n) is 13.0. The van der Waals surface area contributed by atoms with Gasteiger partial charge in [0.25, 0.3) is 0 Å². The number of ether oxygens (including phenoxy) is 1. The number of amides is 1. The Hall–Kier alpha value is -3.18. The van der Waals surface area contributed by atoms with E-state index in [0.717, 1.165) is 68.6 Å². The van der Waals surface area contributed by atoms with Crippen molar-refractivity contribution in [2.75, 3.05) is 18.4 Å². The van der Waals surface area contributed by atoms with Crippen LogP contribution in [0.3, 0.4) is 0 Å². The number of hydrogen-bond donors (Lipinski definition) is 1. The van der Waals surface area contributed by atoms with Crippen LogP contribution in [0.2, 0.25) is 0 Å². The average Bonchev–Trinajstić information content (AvgIpc) is 3.37. The van der Waals surface area contributed by atoms with Crippen molar-refractivity contribution in [1.29, 1.82) is 0 Å². The number of carbonyl (C=O) groups is 1. The summed E-state index contributed by atoms with van der Waals surface area (Å²) in [5, 5.41) is 3.09. The molecule has 0 unspecified atom stereocenters. The van der Waals surface area contributed by atoms with Gasteiger partial charge in [-0.1, -0.05) is 56.3 Å². The zero-order chi connectivity index (χ0) is 24.6. The monoisotopic (exact) mass is 475 g/mol. The minimum Gasteiger partial charge on any atom is -0.474 e. The number of rotatable bonds is 6. The van der Waals surface area contributed by atoms with E-state index in [9.17, 15) is 4.79 Å². The largest absolute Gasteiger partial charge is 0.474 e. The number of benzene rings is 2. The molecule has 5 heteroatoms. The van der Waals surface area contributed by atoms with Crippen LogP contribution < -0.4 is 10.1 Å². The first kappa shape index (κ1) is 24.9. The van der Waals surface area contributed by atoms with Gasteiger partial charge in [-0.2, -0.15) is 0 Å². The summed E-state index contributed by atoms with van der Waals surface area (Å²) in [6.45, 7) is 8.61. The molecule has 1 aliphatic carbocycles. The Labute approximate surface area is 212 Å². The minimum absolute atomic E-state index is 0. The van der Waals surface area contributed by atoms with E-state index in [-0.39, 0.29) is 14.9 Å². The lowest BCUT2D eigenvalue weighted by Gasteiger charge is -2.32. The summed E-state index contributed by atoms with van der Waals surface area (Å²) in [5.41, 5.74) is 6.98. The lowest BCUT2D eigenvalue weighted by molar-refractivity contribution is -0.114. The summed E-state index contributed by atoms with van der Waals surface area (Å²) in [4.78, 5) is 18.9. The van der Waals surface area contributed by atoms with E-state index >= 15 is 0 Å². The van der Waals surface area contributed by atoms with Crippen molar-refractivity contribution in [3.8, 4) is 17.0 Å². The highest BCUT2D eigenvalue weighted by Gasteiger charge is 2.22. The lowest BCUT2D eigenvalue weighted by atomic mass is 9.97. The van der Waals surface area contributed by atoms with Gasteiger partial charge in [-0.3, -0.25) is 9.69 Å². The third-order valence-electron chi connectivity index (χ3n) is 6.70. The van der Waals surface area contributed by atoms with E-state index in [4.69, 9.17) is 4.74 Å². The van der Waals surface area contributed by atoms with E-state index in [1.54, 1.807) is 13.1 Å². The molecule has 0 saturated carbocycles. The van der Waals surface area contributed by atoms with Gasteiger partial charge < -0.3 is 10.1 Å². The maximum atomic E-state index is 11.9. The normalized spacial score (nSPS) is 15.6. The molecule has 1 amide bonds. The van der Waals surface area contributed by atoms with Crippen LogP contribution in [0, 0.1) is 0 Å². The van der Waals surface area contributed by atoms with Crippen molar-refractivity contribution in [2.24, 2.45) is 0 Å². The average molecular weight is 476 g/mol. The molecule has 1 N–H and O–H groups in total. The lowest BCUT2D eigenvalue weighted by Crippen LogP contribution is -2.37. The molecule has 2 aliphatic rings. The molecule has 188 valence electrons. The number of piperidine rings is 1. The predicted octanol–water partition coefficient (Wildman–Crippen LogP) is 6.76. The fraction of sp³-hybridized carbons (Fsp3) is 0.400. The number of aromatic nitrogens is 1. The second-order valence-electron chi connectivity index (χ2n) is 9.12. The molecule has 1 fully saturated rings. The number of carbonyl (C=O) groups excluding carboxylic acids is 1. The van der Waals surface area contributed by atoms with Crippen molar-refractivity contribution in [1.82, 2.24) is 9.88 Å². The molecule has 0 atom stereocenters. The molecule has 2 aromatic carbocycles. The Morgan fingerprint density at radius 1 is 1.09 bits per heavy atom. The number of hydrogen-bond acceptors (Lipinski definition) is 4. The van der Waals surface area contributed by atoms with E-state index in [2.05, 4.69) is 57.7 Å². The van der Waals surface area contributed by atoms with Crippen LogP contribution in [0.25, 0.3) is 11.1 Å². The molecule has 1 saturated heterocycles. The molecule has 3 aromatic rings. The fourth-order valence-corrected chi connectivity index (χ4v) is 5.06. The quantitative estimate of drug-likeness (QED) is 0.428. The minimum atomic E-state index is -0.0376. The van der Waals surface area contributed by atoms with E-state index in [1.165, 1.54) is 16.7 Å². The van der Waals surface area contributed by atoms with Gasteiger partial charge in [-0.05, 0) is 60.4 Å². The smallest absolute Gasteiger partial charge is 0.221 e. The summed E-state index contributed by atoms with van der Waals surface area (Å²) in [6, 6.07) is 19.0. The highest BCUT2D eigenvalue weighted by Crippen LogP contribution is 2.38. The van der Waals surface area contributed by atoms with Gasteiger partial charge in [0.05, 0.1) is 5.69 Å². The summed E-state index contributed by atoms with van der Waals surface area (Å²) < 4.78 is 6.30. The maximum Gasteiger partial charge on any atom is 0.221 e. The van der Waals surface area contributed by atoms with Gasteiger partial charge in [-0.15, -0.1) is 0 Å². The van der Waals surface area contributed by atoms with Crippen molar-refractivity contribution in [3.05, 3.63) is 77.5 Å². The summed E-state index contributed by atoms with van der Waals surface area (Å²) >= 11 is 0. The molecule has 1 aromatic heterocycles. The Morgan fingerprint density at radius 2 is 1.86 bits per heavy atom. The Kier molecular flexibility index (Phi) is 8.54. The van der Waals surface area contributed by atoms with Gasteiger partial charge in [0, 0.05) is 47.2 Å². The van der Waals surface area contributed by atoms with Crippen LogP contribution in [0.1, 0.15) is 59.6 Å². The summed E-state index contributed by atoms with van der Waals surface area (Å²) in [7, 11) is 0. The van der Waals surface area contributed by atoms with E-state index in [1.807, 2.05) is 26.0 Å². The van der Waals surface area contributed by atoms with Crippen LogP contribution >= 0.6 is 0 Å². The maximum absolute atomic E-state index is 11.9. The molecule has 5 nitrogen and oxygen atoms in total. The molecule has 2 heterocycles. The van der Waals surface area contributed by atoms with E-state index < -0.39 is 0 Å². The molecular formula is C30H41N3O2. The number of nitrogens with zero attached hydrogens (tertiary/aromatic N) is 2. The van der Waals surface area contributed by atoms with Crippen molar-refractivity contribution < 1.29 is 12.4 Å². The zero-order valence-corrected chi connectivity index (χ0v) is 21.2. The molecule has 0 radical (unpaired) electrons. The van der Waals surface area contributed by atoms with Gasteiger partial charge in [0.1, 0.15) is 6.10 Å².